The summed E-state index contributed by atoms with van der Waals surface area (Å²) in [7, 11) is 0. The van der Waals surface area contributed by atoms with E-state index in [2.05, 4.69) is 10.1 Å². The Hall–Kier alpha value is -2.79. The molecule has 0 radical (unpaired) electrons. The molecule has 0 N–H and O–H groups in total. The van der Waals surface area contributed by atoms with Crippen LogP contribution in [0.25, 0.3) is 16.3 Å². The van der Waals surface area contributed by atoms with Gasteiger partial charge in [-0.3, -0.25) is 9.79 Å². The molecule has 0 amide bonds. The first-order chi connectivity index (χ1) is 13.0. The van der Waals surface area contributed by atoms with Crippen molar-refractivity contribution < 1.29 is 4.39 Å². The summed E-state index contributed by atoms with van der Waals surface area (Å²) in [4.78, 5) is 16.8. The Morgan fingerprint density at radius 2 is 1.85 bits per heavy atom. The van der Waals surface area contributed by atoms with Crippen LogP contribution >= 0.6 is 11.6 Å². The Labute approximate surface area is 160 Å². The number of dihydropyridines is 1. The zero-order chi connectivity index (χ0) is 19.0. The second-order valence-electron chi connectivity index (χ2n) is 6.57. The Balaban J connectivity index is 1.91. The van der Waals surface area contributed by atoms with E-state index in [4.69, 9.17) is 11.6 Å². The average Bonchev–Trinajstić information content (AvgIpc) is 2.68. The third-order valence-corrected chi connectivity index (χ3v) is 4.81. The van der Waals surface area contributed by atoms with Crippen molar-refractivity contribution in [2.24, 2.45) is 4.99 Å². The zero-order valence-electron chi connectivity index (χ0n) is 14.7. The first-order valence-electron chi connectivity index (χ1n) is 8.65. The van der Waals surface area contributed by atoms with E-state index < -0.39 is 11.3 Å². The molecule has 1 atom stereocenters. The van der Waals surface area contributed by atoms with Gasteiger partial charge >= 0.3 is 0 Å². The molecule has 2 heterocycles. The molecule has 4 rings (SSSR count). The molecule has 0 fully saturated rings. The lowest BCUT2D eigenvalue weighted by Crippen LogP contribution is -2.26. The summed E-state index contributed by atoms with van der Waals surface area (Å²) in [5, 5.41) is 5.15. The van der Waals surface area contributed by atoms with E-state index in [9.17, 15) is 9.18 Å². The van der Waals surface area contributed by atoms with Crippen LogP contribution in [0.3, 0.4) is 0 Å². The fraction of sp³-hybridized carbons (Fsp3) is 0.190. The molecule has 1 aliphatic rings. The Bertz CT molecular complexity index is 1130. The smallest absolute Gasteiger partial charge is 0.267 e. The van der Waals surface area contributed by atoms with Gasteiger partial charge in [0.2, 0.25) is 5.97 Å². The molecular weight excluding hydrogens is 365 g/mol. The van der Waals surface area contributed by atoms with Crippen LogP contribution in [0.1, 0.15) is 16.8 Å². The van der Waals surface area contributed by atoms with Gasteiger partial charge in [0.05, 0.1) is 29.4 Å². The molecular formula is C21H17ClFN3O. The van der Waals surface area contributed by atoms with Gasteiger partial charge in [0.25, 0.3) is 5.56 Å². The fourth-order valence-corrected chi connectivity index (χ4v) is 3.33. The topological polar surface area (TPSA) is 47.2 Å². The van der Waals surface area contributed by atoms with E-state index in [0.29, 0.717) is 23.0 Å². The maximum Gasteiger partial charge on any atom is 0.274 e. The molecule has 6 heteroatoms. The maximum atomic E-state index is 14.4. The van der Waals surface area contributed by atoms with Gasteiger partial charge in [-0.15, -0.1) is 11.6 Å². The van der Waals surface area contributed by atoms with Gasteiger partial charge in [0.15, 0.2) is 0 Å². The van der Waals surface area contributed by atoms with Crippen LogP contribution in [-0.2, 0) is 6.54 Å². The van der Waals surface area contributed by atoms with Crippen molar-refractivity contribution in [2.75, 3.05) is 6.54 Å². The molecule has 136 valence electrons. The predicted octanol–water partition coefficient (Wildman–Crippen LogP) is 4.13. The number of aromatic nitrogens is 2. The minimum Gasteiger partial charge on any atom is -0.267 e. The number of aryl methyl sites for hydroxylation is 1. The monoisotopic (exact) mass is 381 g/mol. The van der Waals surface area contributed by atoms with Crippen LogP contribution in [0.15, 0.2) is 64.4 Å². The SMILES string of the molecule is Cc1ccc(Cn2nc(C3=CC(Cl)CN=C3F)c3ccccc3c2=O)cc1. The highest BCUT2D eigenvalue weighted by Crippen LogP contribution is 2.26. The number of aliphatic imine (C=N–C) groups is 1. The third kappa shape index (κ3) is 3.43. The minimum absolute atomic E-state index is 0.192. The Morgan fingerprint density at radius 1 is 1.15 bits per heavy atom. The first kappa shape index (κ1) is 17.6. The third-order valence-electron chi connectivity index (χ3n) is 4.55. The average molecular weight is 382 g/mol. The van der Waals surface area contributed by atoms with E-state index in [1.165, 1.54) is 4.68 Å². The minimum atomic E-state index is -0.606. The molecule has 1 aliphatic heterocycles. The summed E-state index contributed by atoms with van der Waals surface area (Å²) in [5.41, 5.74) is 2.47. The van der Waals surface area contributed by atoms with Gasteiger partial charge in [-0.1, -0.05) is 54.1 Å². The van der Waals surface area contributed by atoms with Crippen molar-refractivity contribution in [1.29, 1.82) is 0 Å². The summed E-state index contributed by atoms with van der Waals surface area (Å²) in [6, 6.07) is 14.9. The molecule has 2 aromatic carbocycles. The Kier molecular flexibility index (Phi) is 4.62. The van der Waals surface area contributed by atoms with Crippen LogP contribution < -0.4 is 5.56 Å². The number of hydrogen-bond donors (Lipinski definition) is 0. The quantitative estimate of drug-likeness (QED) is 0.640. The Morgan fingerprint density at radius 3 is 2.59 bits per heavy atom. The van der Waals surface area contributed by atoms with Crippen molar-refractivity contribution >= 4 is 33.9 Å². The van der Waals surface area contributed by atoms with E-state index >= 15 is 0 Å². The van der Waals surface area contributed by atoms with Gasteiger partial charge < -0.3 is 0 Å². The maximum absolute atomic E-state index is 14.4. The summed E-state index contributed by atoms with van der Waals surface area (Å²) < 4.78 is 15.8. The highest BCUT2D eigenvalue weighted by molar-refractivity contribution is 6.28. The molecule has 0 spiro atoms. The van der Waals surface area contributed by atoms with Crippen LogP contribution in [-0.4, -0.2) is 27.7 Å². The standard InChI is InChI=1S/C21H17ClFN3O/c1-13-6-8-14(9-7-13)12-26-21(27)17-5-3-2-4-16(17)19(25-26)18-10-15(22)11-24-20(18)23/h2-10,15H,11-12H2,1H3. The summed E-state index contributed by atoms with van der Waals surface area (Å²) in [5.74, 6) is -0.606. The van der Waals surface area contributed by atoms with Gasteiger partial charge in [0, 0.05) is 5.39 Å². The first-order valence-corrected chi connectivity index (χ1v) is 9.08. The van der Waals surface area contributed by atoms with E-state index in [1.807, 2.05) is 31.2 Å². The molecule has 3 aromatic rings. The van der Waals surface area contributed by atoms with E-state index in [-0.39, 0.29) is 17.7 Å². The number of halogens is 2. The number of benzene rings is 2. The molecule has 0 bridgehead atoms. The second kappa shape index (κ2) is 7.08. The van der Waals surface area contributed by atoms with Crippen LogP contribution in [0.5, 0.6) is 0 Å². The van der Waals surface area contributed by atoms with E-state index in [1.54, 1.807) is 30.3 Å². The van der Waals surface area contributed by atoms with Crippen molar-refractivity contribution in [3.05, 3.63) is 81.8 Å². The molecule has 27 heavy (non-hydrogen) atoms. The number of fused-ring (bicyclic) bond motifs is 1. The second-order valence-corrected chi connectivity index (χ2v) is 7.13. The van der Waals surface area contributed by atoms with Crippen molar-refractivity contribution in [1.82, 2.24) is 9.78 Å². The van der Waals surface area contributed by atoms with Crippen molar-refractivity contribution in [2.45, 2.75) is 18.8 Å². The molecule has 1 unspecified atom stereocenters. The van der Waals surface area contributed by atoms with E-state index in [0.717, 1.165) is 11.1 Å². The van der Waals surface area contributed by atoms with Crippen LogP contribution in [0, 0.1) is 6.92 Å². The number of allylic oxidation sites excluding steroid dienone is 1. The molecule has 0 saturated carbocycles. The number of alkyl halides is 1. The predicted molar refractivity (Wildman–Crippen MR) is 107 cm³/mol. The molecule has 0 saturated heterocycles. The number of nitrogens with zero attached hydrogens (tertiary/aromatic N) is 3. The normalized spacial score (nSPS) is 16.9. The number of rotatable bonds is 3. The summed E-state index contributed by atoms with van der Waals surface area (Å²) in [6.45, 7) is 2.49. The summed E-state index contributed by atoms with van der Waals surface area (Å²) in [6.07, 6.45) is 1.61. The highest BCUT2D eigenvalue weighted by Gasteiger charge is 2.22. The zero-order valence-corrected chi connectivity index (χ0v) is 15.4. The highest BCUT2D eigenvalue weighted by atomic mass is 35.5. The van der Waals surface area contributed by atoms with Crippen LogP contribution in [0.2, 0.25) is 0 Å². The molecule has 4 nitrogen and oxygen atoms in total. The largest absolute Gasteiger partial charge is 0.274 e. The summed E-state index contributed by atoms with van der Waals surface area (Å²) >= 11 is 6.15. The lowest BCUT2D eigenvalue weighted by Gasteiger charge is -2.16. The lowest BCUT2D eigenvalue weighted by molar-refractivity contribution is 0.643. The van der Waals surface area contributed by atoms with Gasteiger partial charge in [-0.25, -0.2) is 4.68 Å². The van der Waals surface area contributed by atoms with Gasteiger partial charge in [-0.05, 0) is 18.6 Å². The van der Waals surface area contributed by atoms with Crippen molar-refractivity contribution in [3.63, 3.8) is 0 Å². The molecule has 1 aromatic heterocycles. The fourth-order valence-electron chi connectivity index (χ4n) is 3.14. The van der Waals surface area contributed by atoms with Crippen LogP contribution in [0.4, 0.5) is 4.39 Å². The van der Waals surface area contributed by atoms with Crippen molar-refractivity contribution in [3.8, 4) is 0 Å². The van der Waals surface area contributed by atoms with Gasteiger partial charge in [0.1, 0.15) is 5.69 Å². The number of hydrogen-bond acceptors (Lipinski definition) is 3. The lowest BCUT2D eigenvalue weighted by atomic mass is 10.0. The molecule has 0 aliphatic carbocycles. The van der Waals surface area contributed by atoms with Gasteiger partial charge in [-0.2, -0.15) is 9.49 Å².